The largest absolute Gasteiger partial charge is 0.331 e. The molecule has 2 heterocycles. The highest BCUT2D eigenvalue weighted by atomic mass is 19.1. The summed E-state index contributed by atoms with van der Waals surface area (Å²) in [5.74, 6) is -1.88. The van der Waals surface area contributed by atoms with Gasteiger partial charge in [0.15, 0.2) is 0 Å². The molecule has 1 amide bonds. The van der Waals surface area contributed by atoms with Crippen LogP contribution in [0.5, 0.6) is 0 Å². The van der Waals surface area contributed by atoms with Crippen molar-refractivity contribution in [2.24, 2.45) is 0 Å². The second-order valence-corrected chi connectivity index (χ2v) is 6.31. The van der Waals surface area contributed by atoms with E-state index in [-0.39, 0.29) is 23.7 Å². The monoisotopic (exact) mass is 355 g/mol. The van der Waals surface area contributed by atoms with Crippen LogP contribution in [0.3, 0.4) is 0 Å². The molecule has 1 aromatic carbocycles. The molecule has 0 aliphatic heterocycles. The van der Waals surface area contributed by atoms with E-state index in [1.165, 1.54) is 21.6 Å². The van der Waals surface area contributed by atoms with Gasteiger partial charge in [-0.2, -0.15) is 0 Å². The molecule has 3 aromatic rings. The zero-order chi connectivity index (χ0) is 18.3. The molecule has 2 aromatic heterocycles. The lowest BCUT2D eigenvalue weighted by molar-refractivity contribution is 0.0726. The Kier molecular flexibility index (Phi) is 3.99. The van der Waals surface area contributed by atoms with Crippen LogP contribution in [-0.2, 0) is 6.54 Å². The van der Waals surface area contributed by atoms with Crippen molar-refractivity contribution < 1.29 is 13.6 Å². The van der Waals surface area contributed by atoms with Gasteiger partial charge in [-0.1, -0.05) is 12.1 Å². The number of nitrogens with zero attached hydrogens (tertiary/aromatic N) is 3. The molecule has 1 fully saturated rings. The van der Waals surface area contributed by atoms with Crippen molar-refractivity contribution in [2.75, 3.05) is 0 Å². The summed E-state index contributed by atoms with van der Waals surface area (Å²) in [6.07, 6.45) is 4.38. The van der Waals surface area contributed by atoms with Crippen LogP contribution in [0.1, 0.15) is 28.8 Å². The van der Waals surface area contributed by atoms with E-state index < -0.39 is 23.1 Å². The molecule has 1 aliphatic rings. The summed E-state index contributed by atoms with van der Waals surface area (Å²) in [4.78, 5) is 31.2. The molecule has 0 N–H and O–H groups in total. The molecule has 0 spiro atoms. The maximum absolute atomic E-state index is 14.0. The fourth-order valence-electron chi connectivity index (χ4n) is 2.91. The Morgan fingerprint density at radius 2 is 2.04 bits per heavy atom. The van der Waals surface area contributed by atoms with Crippen LogP contribution in [0.25, 0.3) is 5.65 Å². The van der Waals surface area contributed by atoms with Crippen molar-refractivity contribution in [3.63, 3.8) is 0 Å². The van der Waals surface area contributed by atoms with Crippen molar-refractivity contribution in [1.82, 2.24) is 14.3 Å². The lowest BCUT2D eigenvalue weighted by Crippen LogP contribution is -2.37. The zero-order valence-corrected chi connectivity index (χ0v) is 13.7. The Hall–Kier alpha value is -3.09. The lowest BCUT2D eigenvalue weighted by Gasteiger charge is -2.22. The maximum Gasteiger partial charge on any atom is 0.270 e. The van der Waals surface area contributed by atoms with Gasteiger partial charge in [-0.3, -0.25) is 14.0 Å². The Morgan fingerprint density at radius 3 is 2.77 bits per heavy atom. The van der Waals surface area contributed by atoms with E-state index in [2.05, 4.69) is 4.98 Å². The van der Waals surface area contributed by atoms with Gasteiger partial charge >= 0.3 is 0 Å². The second kappa shape index (κ2) is 6.33. The number of aromatic nitrogens is 2. The quantitative estimate of drug-likeness (QED) is 0.723. The number of hydrogen-bond acceptors (Lipinski definition) is 3. The molecule has 0 unspecified atom stereocenters. The number of carbonyl (C=O) groups excluding carboxylic acids is 1. The number of pyridine rings is 1. The normalized spacial score (nSPS) is 13.8. The fourth-order valence-corrected chi connectivity index (χ4v) is 2.91. The van der Waals surface area contributed by atoms with Crippen molar-refractivity contribution in [3.05, 3.63) is 81.9 Å². The van der Waals surface area contributed by atoms with Crippen molar-refractivity contribution in [3.8, 4) is 0 Å². The van der Waals surface area contributed by atoms with Crippen LogP contribution in [0, 0.1) is 11.6 Å². The van der Waals surface area contributed by atoms with Gasteiger partial charge in [0.25, 0.3) is 11.5 Å². The van der Waals surface area contributed by atoms with Crippen molar-refractivity contribution in [1.29, 1.82) is 0 Å². The van der Waals surface area contributed by atoms with Crippen LogP contribution in [-0.4, -0.2) is 26.2 Å². The number of halogens is 2. The van der Waals surface area contributed by atoms with Gasteiger partial charge in [0, 0.05) is 36.6 Å². The SMILES string of the molecule is O=C(c1cnc2ccccn2c1=O)N(Cc1ccc(F)cc1F)C1CC1. The van der Waals surface area contributed by atoms with Gasteiger partial charge in [-0.15, -0.1) is 0 Å². The second-order valence-electron chi connectivity index (χ2n) is 6.31. The molecule has 0 saturated heterocycles. The average molecular weight is 355 g/mol. The van der Waals surface area contributed by atoms with E-state index in [1.807, 2.05) is 0 Å². The van der Waals surface area contributed by atoms with Crippen LogP contribution in [0.15, 0.2) is 53.6 Å². The van der Waals surface area contributed by atoms with E-state index in [4.69, 9.17) is 0 Å². The lowest BCUT2D eigenvalue weighted by atomic mass is 10.1. The average Bonchev–Trinajstić information content (AvgIpc) is 3.46. The summed E-state index contributed by atoms with van der Waals surface area (Å²) in [6, 6.07) is 8.30. The van der Waals surface area contributed by atoms with E-state index in [1.54, 1.807) is 24.4 Å². The van der Waals surface area contributed by atoms with Gasteiger partial charge in [0.2, 0.25) is 0 Å². The predicted octanol–water partition coefficient (Wildman–Crippen LogP) is 2.78. The highest BCUT2D eigenvalue weighted by Crippen LogP contribution is 2.30. The first-order valence-corrected chi connectivity index (χ1v) is 8.26. The molecule has 0 radical (unpaired) electrons. The molecular formula is C19H15F2N3O2. The first-order chi connectivity index (χ1) is 12.5. The topological polar surface area (TPSA) is 54.7 Å². The standard InChI is InChI=1S/C19H15F2N3O2/c20-13-5-4-12(16(21)9-13)11-24(14-6-7-14)19(26)15-10-22-17-3-1-2-8-23(17)18(15)25/h1-5,8-10,14H,6-7,11H2. The van der Waals surface area contributed by atoms with Crippen molar-refractivity contribution in [2.45, 2.75) is 25.4 Å². The molecule has 5 nitrogen and oxygen atoms in total. The van der Waals surface area contributed by atoms with E-state index in [0.29, 0.717) is 5.65 Å². The minimum Gasteiger partial charge on any atom is -0.331 e. The highest BCUT2D eigenvalue weighted by Gasteiger charge is 2.34. The van der Waals surface area contributed by atoms with Gasteiger partial charge in [-0.25, -0.2) is 13.8 Å². The fraction of sp³-hybridized carbons (Fsp3) is 0.211. The number of rotatable bonds is 4. The molecule has 26 heavy (non-hydrogen) atoms. The maximum atomic E-state index is 14.0. The summed E-state index contributed by atoms with van der Waals surface area (Å²) < 4.78 is 28.4. The van der Waals surface area contributed by atoms with Crippen LogP contribution in [0.2, 0.25) is 0 Å². The van der Waals surface area contributed by atoms with E-state index >= 15 is 0 Å². The van der Waals surface area contributed by atoms with Crippen LogP contribution >= 0.6 is 0 Å². The molecule has 0 bridgehead atoms. The number of hydrogen-bond donors (Lipinski definition) is 0. The molecule has 7 heteroatoms. The summed E-state index contributed by atoms with van der Waals surface area (Å²) in [6.45, 7) is -0.0213. The third kappa shape index (κ3) is 2.96. The summed E-state index contributed by atoms with van der Waals surface area (Å²) >= 11 is 0. The molecule has 1 aliphatic carbocycles. The van der Waals surface area contributed by atoms with Crippen molar-refractivity contribution >= 4 is 11.6 Å². The van der Waals surface area contributed by atoms with Gasteiger partial charge in [0.1, 0.15) is 22.8 Å². The Labute approximate surface area is 147 Å². The number of fused-ring (bicyclic) bond motifs is 1. The smallest absolute Gasteiger partial charge is 0.270 e. The van der Waals surface area contributed by atoms with E-state index in [0.717, 1.165) is 25.0 Å². The number of carbonyl (C=O) groups is 1. The third-order valence-corrected chi connectivity index (χ3v) is 4.45. The first-order valence-electron chi connectivity index (χ1n) is 8.26. The minimum absolute atomic E-state index is 0.0213. The van der Waals surface area contributed by atoms with Crippen LogP contribution < -0.4 is 5.56 Å². The minimum atomic E-state index is -0.711. The van der Waals surface area contributed by atoms with Crippen LogP contribution in [0.4, 0.5) is 8.78 Å². The molecule has 0 atom stereocenters. The van der Waals surface area contributed by atoms with Gasteiger partial charge in [-0.05, 0) is 31.0 Å². The Balaban J connectivity index is 1.70. The Bertz CT molecular complexity index is 1060. The third-order valence-electron chi connectivity index (χ3n) is 4.45. The molecular weight excluding hydrogens is 340 g/mol. The Morgan fingerprint density at radius 1 is 1.23 bits per heavy atom. The number of benzene rings is 1. The zero-order valence-electron chi connectivity index (χ0n) is 13.7. The van der Waals surface area contributed by atoms with Gasteiger partial charge < -0.3 is 4.90 Å². The highest BCUT2D eigenvalue weighted by molar-refractivity contribution is 5.94. The predicted molar refractivity (Wildman–Crippen MR) is 90.7 cm³/mol. The molecule has 1 saturated carbocycles. The first kappa shape index (κ1) is 16.4. The van der Waals surface area contributed by atoms with E-state index in [9.17, 15) is 18.4 Å². The number of amides is 1. The molecule has 4 rings (SSSR count). The summed E-state index contributed by atoms with van der Waals surface area (Å²) in [7, 11) is 0. The molecule has 132 valence electrons. The summed E-state index contributed by atoms with van der Waals surface area (Å²) in [5, 5.41) is 0. The van der Waals surface area contributed by atoms with Gasteiger partial charge in [0.05, 0.1) is 0 Å². The summed E-state index contributed by atoms with van der Waals surface area (Å²) in [5.41, 5.74) is 0.117.